The fourth-order valence-electron chi connectivity index (χ4n) is 11.4. The molecule has 0 aliphatic rings. The minimum atomic E-state index is -1.64. The first kappa shape index (κ1) is 94.2. The van der Waals surface area contributed by atoms with Crippen molar-refractivity contribution in [3.63, 3.8) is 0 Å². The molecule has 0 amide bonds. The van der Waals surface area contributed by atoms with Crippen LogP contribution in [0.2, 0.25) is 0 Å². The Labute approximate surface area is 611 Å². The van der Waals surface area contributed by atoms with E-state index in [0.29, 0.717) is 17.4 Å². The number of esters is 2. The summed E-state index contributed by atoms with van der Waals surface area (Å²) in [4.78, 5) is 37.6. The van der Waals surface area contributed by atoms with Gasteiger partial charge >= 0.3 is 11.9 Å². The summed E-state index contributed by atoms with van der Waals surface area (Å²) in [5.41, 5.74) is 0. The van der Waals surface area contributed by atoms with E-state index in [1.165, 1.54) is 193 Å². The van der Waals surface area contributed by atoms with Crippen LogP contribution in [0.15, 0.2) is 146 Å². The van der Waals surface area contributed by atoms with Gasteiger partial charge in [-0.3, -0.25) is 9.59 Å². The fourth-order valence-corrected chi connectivity index (χ4v) is 11.4. The van der Waals surface area contributed by atoms with E-state index in [1.54, 1.807) is 0 Å². The lowest BCUT2D eigenvalue weighted by Gasteiger charge is -2.26. The summed E-state index contributed by atoms with van der Waals surface area (Å²) >= 11 is 0. The number of nitrogens with zero attached hydrogens (tertiary/aromatic N) is 1. The minimum absolute atomic E-state index is 0.137. The minimum Gasteiger partial charge on any atom is -0.545 e. The molecule has 0 spiro atoms. The summed E-state index contributed by atoms with van der Waals surface area (Å²) in [5, 5.41) is 11.9. The Morgan fingerprint density at radius 1 is 0.313 bits per heavy atom. The highest BCUT2D eigenvalue weighted by molar-refractivity contribution is 5.70. The largest absolute Gasteiger partial charge is 0.545 e. The van der Waals surface area contributed by atoms with Crippen LogP contribution in [-0.4, -0.2) is 82.3 Å². The molecule has 0 aromatic rings. The van der Waals surface area contributed by atoms with Crippen LogP contribution in [0.4, 0.5) is 0 Å². The summed E-state index contributed by atoms with van der Waals surface area (Å²) in [5.74, 6) is -2.31. The van der Waals surface area contributed by atoms with Crippen LogP contribution in [0.3, 0.4) is 0 Å². The standard InChI is InChI=1S/C90H153NO8/c1-6-8-10-12-14-16-18-20-22-24-26-28-30-32-34-36-38-40-41-42-43-44-45-46-47-49-51-53-55-57-59-61-63-65-67-69-71-73-75-77-79-81-88(93)99-86(85-98-90(89(94)95)96-83-82-91(3,4)5)84-97-87(92)80-78-76-74-72-70-68-66-64-62-60-58-56-54-52-50-48-39-37-35-33-31-29-27-25-23-21-19-17-15-13-11-9-7-2/h8,10,14,16,20,22,26,28,32,34,38,40,42-43,45-46,49,51,55,57,61,63,67,69,86,90H,6-7,9,11-13,15,17-19,21,23-25,27,29-31,33,35-37,39,41,44,47-48,50,52-54,56,58-60,62,64-66,68,70-85H2,1-5H3/b10-8-,16-14-,22-20-,28-26-,34-32-,40-38-,43-42-,46-45-,51-49-,57-55-,63-61-,69-67-. The predicted molar refractivity (Wildman–Crippen MR) is 426 cm³/mol. The highest BCUT2D eigenvalue weighted by Crippen LogP contribution is 2.19. The van der Waals surface area contributed by atoms with Crippen LogP contribution in [0, 0.1) is 0 Å². The zero-order valence-electron chi connectivity index (χ0n) is 64.8. The van der Waals surface area contributed by atoms with Gasteiger partial charge in [-0.05, 0) is 103 Å². The summed E-state index contributed by atoms with van der Waals surface area (Å²) in [6.45, 7) is 4.63. The number of carboxylic acids is 1. The number of ether oxygens (including phenoxy) is 4. The Hall–Kier alpha value is -4.83. The average Bonchev–Trinajstić information content (AvgIpc) is 2.62. The lowest BCUT2D eigenvalue weighted by Crippen LogP contribution is -2.44. The van der Waals surface area contributed by atoms with E-state index in [1.807, 2.05) is 21.1 Å². The van der Waals surface area contributed by atoms with E-state index in [2.05, 4.69) is 160 Å². The van der Waals surface area contributed by atoms with E-state index in [4.69, 9.17) is 18.9 Å². The van der Waals surface area contributed by atoms with E-state index in [0.717, 1.165) is 122 Å². The highest BCUT2D eigenvalue weighted by Gasteiger charge is 2.22. The predicted octanol–water partition coefficient (Wildman–Crippen LogP) is 25.3. The van der Waals surface area contributed by atoms with Gasteiger partial charge in [-0.1, -0.05) is 378 Å². The topological polar surface area (TPSA) is 111 Å². The molecule has 0 rings (SSSR count). The lowest BCUT2D eigenvalue weighted by molar-refractivity contribution is -0.870. The monoisotopic (exact) mass is 1380 g/mol. The van der Waals surface area contributed by atoms with Crippen molar-refractivity contribution in [3.8, 4) is 0 Å². The Balaban J connectivity index is 4.13. The number of rotatable bonds is 75. The van der Waals surface area contributed by atoms with Crippen LogP contribution < -0.4 is 5.11 Å². The molecule has 9 heteroatoms. The molecular weight excluding hydrogens is 1220 g/mol. The number of hydrogen-bond acceptors (Lipinski definition) is 8. The van der Waals surface area contributed by atoms with Crippen molar-refractivity contribution >= 4 is 17.9 Å². The maximum absolute atomic E-state index is 13.0. The average molecular weight is 1380 g/mol. The third-order valence-corrected chi connectivity index (χ3v) is 17.6. The molecule has 0 aliphatic carbocycles. The maximum Gasteiger partial charge on any atom is 0.306 e. The van der Waals surface area contributed by atoms with Crippen LogP contribution in [0.25, 0.3) is 0 Å². The molecule has 0 aromatic carbocycles. The van der Waals surface area contributed by atoms with Crippen molar-refractivity contribution in [1.82, 2.24) is 0 Å². The molecule has 566 valence electrons. The zero-order valence-corrected chi connectivity index (χ0v) is 64.8. The van der Waals surface area contributed by atoms with Crippen LogP contribution in [-0.2, 0) is 33.3 Å². The van der Waals surface area contributed by atoms with E-state index in [9.17, 15) is 19.5 Å². The molecule has 0 heterocycles. The summed E-state index contributed by atoms with van der Waals surface area (Å²) < 4.78 is 22.8. The molecule has 2 unspecified atom stereocenters. The number of aliphatic carboxylic acids is 1. The Kier molecular flexibility index (Phi) is 75.0. The number of likely N-dealkylation sites (N-methyl/N-ethyl adjacent to an activating group) is 1. The molecule has 99 heavy (non-hydrogen) atoms. The molecule has 0 saturated heterocycles. The van der Waals surface area contributed by atoms with Crippen LogP contribution >= 0.6 is 0 Å². The lowest BCUT2D eigenvalue weighted by atomic mass is 10.0. The van der Waals surface area contributed by atoms with Crippen LogP contribution in [0.1, 0.15) is 348 Å². The van der Waals surface area contributed by atoms with Gasteiger partial charge in [0.1, 0.15) is 13.2 Å². The summed E-state index contributed by atoms with van der Waals surface area (Å²) in [6, 6.07) is 0. The number of unbranched alkanes of at least 4 members (excludes halogenated alkanes) is 36. The molecule has 0 bridgehead atoms. The Bertz CT molecular complexity index is 2150. The Morgan fingerprint density at radius 2 is 0.576 bits per heavy atom. The second-order valence-electron chi connectivity index (χ2n) is 28.3. The third-order valence-electron chi connectivity index (χ3n) is 17.6. The van der Waals surface area contributed by atoms with E-state index < -0.39 is 24.3 Å². The number of quaternary nitrogens is 1. The van der Waals surface area contributed by atoms with Crippen molar-refractivity contribution in [2.75, 3.05) is 47.5 Å². The summed E-state index contributed by atoms with van der Waals surface area (Å²) in [7, 11) is 5.92. The molecular formula is C90H153NO8. The fraction of sp³-hybridized carbons (Fsp3) is 0.700. The number of carboxylic acid groups (broad SMARTS) is 1. The van der Waals surface area contributed by atoms with Gasteiger partial charge in [0.15, 0.2) is 12.4 Å². The second kappa shape index (κ2) is 78.9. The first-order valence-corrected chi connectivity index (χ1v) is 41.0. The normalized spacial score (nSPS) is 13.4. The Morgan fingerprint density at radius 3 is 0.859 bits per heavy atom. The molecule has 9 nitrogen and oxygen atoms in total. The molecule has 0 radical (unpaired) electrons. The van der Waals surface area contributed by atoms with Gasteiger partial charge in [0.2, 0.25) is 0 Å². The quantitative estimate of drug-likeness (QED) is 0.0195. The number of allylic oxidation sites excluding steroid dienone is 24. The van der Waals surface area contributed by atoms with Crippen molar-refractivity contribution in [1.29, 1.82) is 0 Å². The van der Waals surface area contributed by atoms with E-state index >= 15 is 0 Å². The van der Waals surface area contributed by atoms with Gasteiger partial charge < -0.3 is 33.3 Å². The zero-order chi connectivity index (χ0) is 71.8. The first-order valence-electron chi connectivity index (χ1n) is 41.0. The van der Waals surface area contributed by atoms with Crippen molar-refractivity contribution in [3.05, 3.63) is 146 Å². The number of hydrogen-bond donors (Lipinski definition) is 0. The van der Waals surface area contributed by atoms with E-state index in [-0.39, 0.29) is 38.6 Å². The number of carbonyl (C=O) groups excluding carboxylic acids is 3. The molecule has 0 N–H and O–H groups in total. The molecule has 0 fully saturated rings. The van der Waals surface area contributed by atoms with Gasteiger partial charge in [-0.2, -0.15) is 0 Å². The number of carbonyl (C=O) groups is 3. The van der Waals surface area contributed by atoms with Gasteiger partial charge in [0, 0.05) is 12.8 Å². The van der Waals surface area contributed by atoms with Crippen molar-refractivity contribution < 1.29 is 42.9 Å². The molecule has 0 saturated carbocycles. The van der Waals surface area contributed by atoms with Crippen molar-refractivity contribution in [2.24, 2.45) is 0 Å². The SMILES string of the molecule is CC/C=C\C/C=C\C/C=C\C/C=C\C/C=C\C/C=C\C/C=C\C/C=C\C/C=C\C/C=C\C/C=C\C/C=C\CCCCCCC(=O)OC(COC(=O)CCCCCCCCCCCCCCCCCCCCCCCCCCCCCCCCCCC)COC(OCC[N+](C)(C)C)C(=O)[O-]. The van der Waals surface area contributed by atoms with Crippen LogP contribution in [0.5, 0.6) is 0 Å². The molecule has 2 atom stereocenters. The summed E-state index contributed by atoms with van der Waals surface area (Å²) in [6.07, 6.45) is 113. The molecule has 0 aliphatic heterocycles. The third kappa shape index (κ3) is 80.4. The van der Waals surface area contributed by atoms with Gasteiger partial charge in [0.05, 0.1) is 40.3 Å². The van der Waals surface area contributed by atoms with Crippen molar-refractivity contribution in [2.45, 2.75) is 360 Å². The highest BCUT2D eigenvalue weighted by atomic mass is 16.7. The maximum atomic E-state index is 13.0. The molecule has 0 aromatic heterocycles. The van der Waals surface area contributed by atoms with Gasteiger partial charge in [-0.15, -0.1) is 0 Å². The van der Waals surface area contributed by atoms with Gasteiger partial charge in [-0.25, -0.2) is 0 Å². The van der Waals surface area contributed by atoms with Gasteiger partial charge in [0.25, 0.3) is 0 Å². The first-order chi connectivity index (χ1) is 48.6. The second-order valence-corrected chi connectivity index (χ2v) is 28.3. The smallest absolute Gasteiger partial charge is 0.306 e.